The van der Waals surface area contributed by atoms with Gasteiger partial charge in [0.25, 0.3) is 0 Å². The van der Waals surface area contributed by atoms with Crippen LogP contribution in [-0.4, -0.2) is 24.8 Å². The SMILES string of the molecule is Cc1n[nH]c(=O)n2cnnc12. The first-order valence-corrected chi connectivity index (χ1v) is 3.04. The fourth-order valence-electron chi connectivity index (χ4n) is 0.866. The number of hydrogen-bond acceptors (Lipinski definition) is 4. The molecule has 0 spiro atoms. The van der Waals surface area contributed by atoms with Gasteiger partial charge in [-0.2, -0.15) is 5.10 Å². The zero-order valence-corrected chi connectivity index (χ0v) is 5.77. The Bertz CT molecular complexity index is 441. The maximum Gasteiger partial charge on any atom is 0.349 e. The van der Waals surface area contributed by atoms with Gasteiger partial charge in [0.05, 0.1) is 0 Å². The zero-order valence-electron chi connectivity index (χ0n) is 5.77. The molecule has 2 aromatic rings. The van der Waals surface area contributed by atoms with E-state index in [1.165, 1.54) is 10.7 Å². The van der Waals surface area contributed by atoms with Crippen LogP contribution in [0, 0.1) is 6.92 Å². The van der Waals surface area contributed by atoms with Gasteiger partial charge in [0, 0.05) is 0 Å². The Morgan fingerprint density at radius 2 is 2.45 bits per heavy atom. The zero-order chi connectivity index (χ0) is 7.84. The van der Waals surface area contributed by atoms with Crippen LogP contribution in [0.1, 0.15) is 5.69 Å². The molecule has 2 aromatic heterocycles. The number of rotatable bonds is 0. The molecule has 56 valence electrons. The van der Waals surface area contributed by atoms with Gasteiger partial charge in [-0.1, -0.05) is 0 Å². The van der Waals surface area contributed by atoms with Crippen molar-refractivity contribution < 1.29 is 0 Å². The molecule has 0 aromatic carbocycles. The number of aromatic amines is 1. The minimum atomic E-state index is -0.324. The third kappa shape index (κ3) is 0.721. The molecule has 0 bridgehead atoms. The summed E-state index contributed by atoms with van der Waals surface area (Å²) in [5.41, 5.74) is 0.825. The summed E-state index contributed by atoms with van der Waals surface area (Å²) in [6.45, 7) is 1.75. The molecule has 11 heavy (non-hydrogen) atoms. The van der Waals surface area contributed by atoms with Crippen LogP contribution in [-0.2, 0) is 0 Å². The highest BCUT2D eigenvalue weighted by atomic mass is 16.1. The van der Waals surface area contributed by atoms with Gasteiger partial charge in [0.2, 0.25) is 0 Å². The van der Waals surface area contributed by atoms with Crippen LogP contribution in [0.2, 0.25) is 0 Å². The minimum Gasteiger partial charge on any atom is -0.246 e. The lowest BCUT2D eigenvalue weighted by atomic mass is 10.5. The number of hydrogen-bond donors (Lipinski definition) is 1. The summed E-state index contributed by atoms with van der Waals surface area (Å²) in [7, 11) is 0. The van der Waals surface area contributed by atoms with Crippen molar-refractivity contribution in [3.05, 3.63) is 22.5 Å². The van der Waals surface area contributed by atoms with Crippen molar-refractivity contribution in [2.24, 2.45) is 0 Å². The molecule has 0 radical (unpaired) electrons. The smallest absolute Gasteiger partial charge is 0.246 e. The number of aryl methyl sites for hydroxylation is 1. The molecular weight excluding hydrogens is 146 g/mol. The Balaban J connectivity index is 3.08. The number of fused-ring (bicyclic) bond motifs is 1. The van der Waals surface area contributed by atoms with Crippen LogP contribution < -0.4 is 5.69 Å². The van der Waals surface area contributed by atoms with Crippen molar-refractivity contribution in [2.75, 3.05) is 0 Å². The van der Waals surface area contributed by atoms with E-state index in [1.54, 1.807) is 6.92 Å². The molecule has 0 aliphatic rings. The van der Waals surface area contributed by atoms with Gasteiger partial charge >= 0.3 is 5.69 Å². The van der Waals surface area contributed by atoms with Gasteiger partial charge in [-0.05, 0) is 6.92 Å². The van der Waals surface area contributed by atoms with E-state index in [9.17, 15) is 4.79 Å². The Morgan fingerprint density at radius 3 is 3.18 bits per heavy atom. The lowest BCUT2D eigenvalue weighted by Crippen LogP contribution is -2.17. The van der Waals surface area contributed by atoms with Crippen LogP contribution >= 0.6 is 0 Å². The highest BCUT2D eigenvalue weighted by Crippen LogP contribution is 1.95. The number of aromatic nitrogens is 5. The van der Waals surface area contributed by atoms with Gasteiger partial charge in [-0.25, -0.2) is 14.3 Å². The van der Waals surface area contributed by atoms with E-state index in [1.807, 2.05) is 0 Å². The molecule has 0 saturated heterocycles. The van der Waals surface area contributed by atoms with Crippen molar-refractivity contribution in [1.29, 1.82) is 0 Å². The standard InChI is InChI=1S/C5H5N5O/c1-3-4-8-6-2-10(4)5(11)9-7-3/h2H,1H3,(H,9,11). The quantitative estimate of drug-likeness (QED) is 0.530. The molecule has 6 heteroatoms. The average Bonchev–Trinajstić information content (AvgIpc) is 2.45. The van der Waals surface area contributed by atoms with Crippen molar-refractivity contribution >= 4 is 5.65 Å². The molecule has 2 heterocycles. The first-order chi connectivity index (χ1) is 5.29. The van der Waals surface area contributed by atoms with Gasteiger partial charge in [0.15, 0.2) is 5.65 Å². The lowest BCUT2D eigenvalue weighted by molar-refractivity contribution is 0.857. The molecule has 0 fully saturated rings. The Labute approximate surface area is 60.9 Å². The van der Waals surface area contributed by atoms with E-state index in [2.05, 4.69) is 20.4 Å². The van der Waals surface area contributed by atoms with E-state index in [4.69, 9.17) is 0 Å². The first kappa shape index (κ1) is 6.02. The number of H-pyrrole nitrogens is 1. The first-order valence-electron chi connectivity index (χ1n) is 3.04. The Morgan fingerprint density at radius 1 is 1.64 bits per heavy atom. The van der Waals surface area contributed by atoms with Crippen molar-refractivity contribution in [3.63, 3.8) is 0 Å². The van der Waals surface area contributed by atoms with Gasteiger partial charge in [-0.15, -0.1) is 10.2 Å². The molecule has 0 saturated carbocycles. The summed E-state index contributed by atoms with van der Waals surface area (Å²) >= 11 is 0. The molecule has 0 atom stereocenters. The van der Waals surface area contributed by atoms with E-state index < -0.39 is 0 Å². The highest BCUT2D eigenvalue weighted by molar-refractivity contribution is 5.39. The topological polar surface area (TPSA) is 75.9 Å². The number of nitrogens with one attached hydrogen (secondary N) is 1. The van der Waals surface area contributed by atoms with E-state index in [0.717, 1.165) is 0 Å². The summed E-state index contributed by atoms with van der Waals surface area (Å²) in [5, 5.41) is 13.3. The average molecular weight is 151 g/mol. The fraction of sp³-hybridized carbons (Fsp3) is 0.200. The second kappa shape index (κ2) is 1.88. The van der Waals surface area contributed by atoms with Crippen LogP contribution in [0.4, 0.5) is 0 Å². The Hall–Kier alpha value is -1.72. The summed E-state index contributed by atoms with van der Waals surface area (Å²) in [6.07, 6.45) is 1.35. The second-order valence-corrected chi connectivity index (χ2v) is 2.14. The molecule has 0 aliphatic heterocycles. The molecule has 0 aliphatic carbocycles. The van der Waals surface area contributed by atoms with Crippen LogP contribution in [0.3, 0.4) is 0 Å². The Kier molecular flexibility index (Phi) is 1.03. The van der Waals surface area contributed by atoms with Gasteiger partial charge in [0.1, 0.15) is 12.0 Å². The van der Waals surface area contributed by atoms with Crippen LogP contribution in [0.15, 0.2) is 11.1 Å². The molecule has 0 unspecified atom stereocenters. The summed E-state index contributed by atoms with van der Waals surface area (Å²) in [5.74, 6) is 0. The monoisotopic (exact) mass is 151 g/mol. The summed E-state index contributed by atoms with van der Waals surface area (Å²) < 4.78 is 1.31. The maximum absolute atomic E-state index is 11.0. The normalized spacial score (nSPS) is 10.6. The van der Waals surface area contributed by atoms with E-state index in [-0.39, 0.29) is 5.69 Å². The van der Waals surface area contributed by atoms with Gasteiger partial charge < -0.3 is 0 Å². The minimum absolute atomic E-state index is 0.324. The maximum atomic E-state index is 11.0. The summed E-state index contributed by atoms with van der Waals surface area (Å²) in [4.78, 5) is 11.0. The second-order valence-electron chi connectivity index (χ2n) is 2.14. The third-order valence-electron chi connectivity index (χ3n) is 1.41. The summed E-state index contributed by atoms with van der Waals surface area (Å²) in [6, 6.07) is 0. The van der Waals surface area contributed by atoms with E-state index >= 15 is 0 Å². The third-order valence-corrected chi connectivity index (χ3v) is 1.41. The lowest BCUT2D eigenvalue weighted by Gasteiger charge is -1.91. The molecule has 1 N–H and O–H groups in total. The number of nitrogens with zero attached hydrogens (tertiary/aromatic N) is 4. The van der Waals surface area contributed by atoms with E-state index in [0.29, 0.717) is 11.3 Å². The predicted molar refractivity (Wildman–Crippen MR) is 36.1 cm³/mol. The largest absolute Gasteiger partial charge is 0.349 e. The molecule has 2 rings (SSSR count). The van der Waals surface area contributed by atoms with Crippen molar-refractivity contribution in [1.82, 2.24) is 24.8 Å². The predicted octanol–water partition coefficient (Wildman–Crippen LogP) is -0.879. The van der Waals surface area contributed by atoms with Crippen molar-refractivity contribution in [3.8, 4) is 0 Å². The molecule has 0 amide bonds. The fourth-order valence-corrected chi connectivity index (χ4v) is 0.866. The van der Waals surface area contributed by atoms with Gasteiger partial charge in [-0.3, -0.25) is 0 Å². The van der Waals surface area contributed by atoms with Crippen LogP contribution in [0.5, 0.6) is 0 Å². The molecule has 6 nitrogen and oxygen atoms in total. The highest BCUT2D eigenvalue weighted by Gasteiger charge is 2.01. The van der Waals surface area contributed by atoms with Crippen LogP contribution in [0.25, 0.3) is 5.65 Å². The molecular formula is C5H5N5O. The van der Waals surface area contributed by atoms with Crippen molar-refractivity contribution in [2.45, 2.75) is 6.92 Å².